The molecule has 1 spiro atoms. The third-order valence-corrected chi connectivity index (χ3v) is 7.17. The highest BCUT2D eigenvalue weighted by Gasteiger charge is 2.46. The van der Waals surface area contributed by atoms with E-state index in [4.69, 9.17) is 9.90 Å². The monoisotopic (exact) mass is 549 g/mol. The molecule has 3 aromatic heterocycles. The maximum Gasteiger partial charge on any atom is 0.490 e. The molecular formula is C25H27F4N7O3. The number of hydrogen-bond donors (Lipinski definition) is 3. The number of anilines is 3. The van der Waals surface area contributed by atoms with Gasteiger partial charge in [0.25, 0.3) is 0 Å². The number of fused-ring (bicyclic) bond motifs is 2. The average molecular weight is 550 g/mol. The van der Waals surface area contributed by atoms with E-state index in [1.807, 2.05) is 13.1 Å². The summed E-state index contributed by atoms with van der Waals surface area (Å²) < 4.78 is 48.4. The van der Waals surface area contributed by atoms with E-state index in [-0.39, 0.29) is 17.3 Å². The van der Waals surface area contributed by atoms with Crippen molar-refractivity contribution in [3.63, 3.8) is 0 Å². The van der Waals surface area contributed by atoms with Crippen molar-refractivity contribution in [2.24, 2.45) is 0 Å². The first-order valence-electron chi connectivity index (χ1n) is 12.4. The van der Waals surface area contributed by atoms with E-state index in [0.29, 0.717) is 23.6 Å². The number of halogens is 4. The van der Waals surface area contributed by atoms with E-state index in [0.717, 1.165) is 43.0 Å². The van der Waals surface area contributed by atoms with Gasteiger partial charge in [0.1, 0.15) is 11.5 Å². The fourth-order valence-corrected chi connectivity index (χ4v) is 5.07. The smallest absolute Gasteiger partial charge is 0.475 e. The molecule has 1 saturated heterocycles. The summed E-state index contributed by atoms with van der Waals surface area (Å²) >= 11 is 0. The number of amides is 2. The molecule has 0 aromatic carbocycles. The number of imidazole rings is 1. The standard InChI is InChI=1S/C23H26FN7O.C2HF3O2/c1-14-11-30-12-17(19(24)15(2)20(30)27-14)28-22(32)31-9-4-16-18(3-7-25-21(16)31)29-10-8-26-23(13-29)5-6-23;3-2(4,5)1(6)7/h3,7,11-12,26H,4-6,8-10,13H2,1-2H3,(H,28,32);(H,6,7). The Balaban J connectivity index is 0.000000392. The Bertz CT molecular complexity index is 1450. The fourth-order valence-electron chi connectivity index (χ4n) is 5.07. The van der Waals surface area contributed by atoms with Crippen molar-refractivity contribution >= 4 is 34.8 Å². The second kappa shape index (κ2) is 9.67. The van der Waals surface area contributed by atoms with Crippen molar-refractivity contribution in [3.05, 3.63) is 47.3 Å². The van der Waals surface area contributed by atoms with Gasteiger partial charge in [-0.05, 0) is 39.2 Å². The Labute approximate surface area is 220 Å². The Hall–Kier alpha value is -3.94. The molecule has 10 nitrogen and oxygen atoms in total. The van der Waals surface area contributed by atoms with Crippen molar-refractivity contribution < 1.29 is 32.3 Å². The van der Waals surface area contributed by atoms with E-state index in [2.05, 4.69) is 31.6 Å². The zero-order valence-corrected chi connectivity index (χ0v) is 21.3. The Morgan fingerprint density at radius 3 is 2.56 bits per heavy atom. The van der Waals surface area contributed by atoms with Gasteiger partial charge in [0, 0.05) is 67.1 Å². The first-order chi connectivity index (χ1) is 18.4. The number of aliphatic carboxylic acids is 1. The largest absolute Gasteiger partial charge is 0.490 e. The number of urea groups is 1. The van der Waals surface area contributed by atoms with Gasteiger partial charge in [0.2, 0.25) is 0 Å². The van der Waals surface area contributed by atoms with Gasteiger partial charge < -0.3 is 25.0 Å². The van der Waals surface area contributed by atoms with Crippen LogP contribution in [0.1, 0.15) is 29.7 Å². The van der Waals surface area contributed by atoms with Crippen molar-refractivity contribution in [1.82, 2.24) is 19.7 Å². The molecule has 3 aliphatic rings. The third kappa shape index (κ3) is 5.20. The number of carboxylic acid groups (broad SMARTS) is 1. The van der Waals surface area contributed by atoms with Crippen LogP contribution >= 0.6 is 0 Å². The summed E-state index contributed by atoms with van der Waals surface area (Å²) in [6.07, 6.45) is 3.26. The quantitative estimate of drug-likeness (QED) is 0.418. The van der Waals surface area contributed by atoms with Crippen LogP contribution in [0.25, 0.3) is 5.65 Å². The summed E-state index contributed by atoms with van der Waals surface area (Å²) in [6.45, 7) is 6.96. The number of aromatic nitrogens is 3. The maximum absolute atomic E-state index is 15.0. The van der Waals surface area contributed by atoms with Crippen LogP contribution in [0, 0.1) is 19.7 Å². The molecule has 0 atom stereocenters. The number of piperazine rings is 1. The van der Waals surface area contributed by atoms with E-state index in [1.165, 1.54) is 12.8 Å². The van der Waals surface area contributed by atoms with Gasteiger partial charge in [0.15, 0.2) is 5.82 Å². The number of hydrogen-bond acceptors (Lipinski definition) is 6. The average Bonchev–Trinajstić information content (AvgIpc) is 3.29. The number of carboxylic acids is 1. The molecular weight excluding hydrogens is 522 g/mol. The number of nitrogens with one attached hydrogen (secondary N) is 2. The Morgan fingerprint density at radius 2 is 1.90 bits per heavy atom. The molecule has 5 heterocycles. The lowest BCUT2D eigenvalue weighted by atomic mass is 10.1. The van der Waals surface area contributed by atoms with E-state index < -0.39 is 18.0 Å². The van der Waals surface area contributed by atoms with Crippen molar-refractivity contribution in [1.29, 1.82) is 0 Å². The zero-order chi connectivity index (χ0) is 28.1. The molecule has 0 bridgehead atoms. The van der Waals surface area contributed by atoms with Crippen LogP contribution in [0.2, 0.25) is 0 Å². The molecule has 2 fully saturated rings. The number of aryl methyl sites for hydroxylation is 2. The molecule has 6 rings (SSSR count). The van der Waals surface area contributed by atoms with Gasteiger partial charge >= 0.3 is 18.2 Å². The molecule has 14 heteroatoms. The van der Waals surface area contributed by atoms with Crippen molar-refractivity contribution in [3.8, 4) is 0 Å². The fraction of sp³-hybridized carbons (Fsp3) is 0.440. The minimum atomic E-state index is -5.08. The molecule has 39 heavy (non-hydrogen) atoms. The molecule has 1 aliphatic carbocycles. The van der Waals surface area contributed by atoms with Crippen molar-refractivity contribution in [2.45, 2.75) is 44.8 Å². The number of pyridine rings is 2. The SMILES string of the molecule is Cc1cn2cc(NC(=O)N3CCc4c(N5CCNC6(CC6)C5)ccnc43)c(F)c(C)c2n1.O=C(O)C(F)(F)F. The lowest BCUT2D eigenvalue weighted by molar-refractivity contribution is -0.192. The molecule has 0 unspecified atom stereocenters. The molecule has 2 amide bonds. The highest BCUT2D eigenvalue weighted by molar-refractivity contribution is 6.03. The first-order valence-corrected chi connectivity index (χ1v) is 12.4. The Kier molecular flexibility index (Phi) is 6.61. The summed E-state index contributed by atoms with van der Waals surface area (Å²) in [4.78, 5) is 34.9. The minimum Gasteiger partial charge on any atom is -0.475 e. The molecule has 1 saturated carbocycles. The van der Waals surface area contributed by atoms with Crippen LogP contribution in [0.3, 0.4) is 0 Å². The van der Waals surface area contributed by atoms with Crippen LogP contribution in [0.4, 0.5) is 39.5 Å². The van der Waals surface area contributed by atoms with Gasteiger partial charge in [-0.25, -0.2) is 23.9 Å². The lowest BCUT2D eigenvalue weighted by Crippen LogP contribution is -2.52. The molecule has 3 aromatic rings. The summed E-state index contributed by atoms with van der Waals surface area (Å²) in [5.41, 5.74) is 4.42. The van der Waals surface area contributed by atoms with E-state index >= 15 is 0 Å². The normalized spacial score (nSPS) is 17.6. The summed E-state index contributed by atoms with van der Waals surface area (Å²) in [6, 6.07) is 1.68. The van der Waals surface area contributed by atoms with Gasteiger partial charge in [-0.3, -0.25) is 4.90 Å². The topological polar surface area (TPSA) is 115 Å². The highest BCUT2D eigenvalue weighted by atomic mass is 19.4. The summed E-state index contributed by atoms with van der Waals surface area (Å²) in [5.74, 6) is -2.55. The first kappa shape index (κ1) is 26.7. The van der Waals surface area contributed by atoms with Gasteiger partial charge in [-0.2, -0.15) is 13.2 Å². The second-order valence-corrected chi connectivity index (χ2v) is 9.99. The van der Waals surface area contributed by atoms with Gasteiger partial charge in [0.05, 0.1) is 11.4 Å². The number of nitrogens with zero attached hydrogens (tertiary/aromatic N) is 5. The number of rotatable bonds is 2. The zero-order valence-electron chi connectivity index (χ0n) is 21.3. The number of alkyl halides is 3. The molecule has 3 N–H and O–H groups in total. The van der Waals surface area contributed by atoms with Crippen LogP contribution < -0.4 is 20.4 Å². The molecule has 0 radical (unpaired) electrons. The summed E-state index contributed by atoms with van der Waals surface area (Å²) in [7, 11) is 0. The van der Waals surface area contributed by atoms with Crippen LogP contribution in [0.5, 0.6) is 0 Å². The summed E-state index contributed by atoms with van der Waals surface area (Å²) in [5, 5.41) is 13.5. The third-order valence-electron chi connectivity index (χ3n) is 7.17. The van der Waals surface area contributed by atoms with Gasteiger partial charge in [-0.15, -0.1) is 0 Å². The number of carbonyl (C=O) groups excluding carboxylic acids is 1. The predicted octanol–water partition coefficient (Wildman–Crippen LogP) is 3.66. The molecule has 2 aliphatic heterocycles. The van der Waals surface area contributed by atoms with E-state index in [9.17, 15) is 22.4 Å². The van der Waals surface area contributed by atoms with E-state index in [1.54, 1.807) is 28.6 Å². The highest BCUT2D eigenvalue weighted by Crippen LogP contribution is 2.41. The van der Waals surface area contributed by atoms with Crippen LogP contribution in [-0.4, -0.2) is 69.4 Å². The second-order valence-electron chi connectivity index (χ2n) is 9.99. The van der Waals surface area contributed by atoms with Crippen molar-refractivity contribution in [2.75, 3.05) is 41.3 Å². The maximum atomic E-state index is 15.0. The minimum absolute atomic E-state index is 0.139. The van der Waals surface area contributed by atoms with Gasteiger partial charge in [-0.1, -0.05) is 0 Å². The van der Waals surface area contributed by atoms with Crippen LogP contribution in [-0.2, 0) is 11.2 Å². The van der Waals surface area contributed by atoms with Crippen LogP contribution in [0.15, 0.2) is 24.7 Å². The predicted molar refractivity (Wildman–Crippen MR) is 135 cm³/mol. The Morgan fingerprint density at radius 1 is 1.18 bits per heavy atom. The molecule has 208 valence electrons. The number of carbonyl (C=O) groups is 2. The lowest BCUT2D eigenvalue weighted by Gasteiger charge is -2.36.